The van der Waals surface area contributed by atoms with Gasteiger partial charge in [0.2, 0.25) is 0 Å². The molecule has 2 aliphatic heterocycles. The second kappa shape index (κ2) is 7.21. The van der Waals surface area contributed by atoms with Crippen LogP contribution in [0.1, 0.15) is 44.9 Å². The van der Waals surface area contributed by atoms with Crippen molar-refractivity contribution in [3.8, 4) is 0 Å². The van der Waals surface area contributed by atoms with E-state index in [0.717, 1.165) is 46.0 Å². The lowest BCUT2D eigenvalue weighted by Gasteiger charge is -2.44. The lowest BCUT2D eigenvalue weighted by atomic mass is 9.78. The van der Waals surface area contributed by atoms with Crippen molar-refractivity contribution in [1.29, 1.82) is 0 Å². The quantitative estimate of drug-likeness (QED) is 0.852. The molecule has 3 fully saturated rings. The van der Waals surface area contributed by atoms with Gasteiger partial charge in [-0.1, -0.05) is 19.3 Å². The summed E-state index contributed by atoms with van der Waals surface area (Å²) in [4.78, 5) is 2.51. The third-order valence-corrected chi connectivity index (χ3v) is 5.22. The average Bonchev–Trinajstić information content (AvgIpc) is 2.49. The molecule has 0 amide bonds. The van der Waals surface area contributed by atoms with Gasteiger partial charge in [0.25, 0.3) is 0 Å². The van der Waals surface area contributed by atoms with E-state index in [4.69, 9.17) is 9.47 Å². The number of morpholine rings is 1. The maximum absolute atomic E-state index is 6.17. The van der Waals surface area contributed by atoms with Crippen molar-refractivity contribution in [1.82, 2.24) is 10.2 Å². The van der Waals surface area contributed by atoms with E-state index in [1.807, 2.05) is 0 Å². The second-order valence-corrected chi connectivity index (χ2v) is 6.69. The first-order valence-corrected chi connectivity index (χ1v) is 8.54. The highest BCUT2D eigenvalue weighted by Crippen LogP contribution is 2.38. The molecular formula is C16H30N2O2. The van der Waals surface area contributed by atoms with Gasteiger partial charge in [0.15, 0.2) is 0 Å². The lowest BCUT2D eigenvalue weighted by molar-refractivity contribution is -0.109. The molecule has 2 saturated heterocycles. The molecule has 0 aromatic heterocycles. The molecule has 3 rings (SSSR count). The lowest BCUT2D eigenvalue weighted by Crippen LogP contribution is -2.49. The van der Waals surface area contributed by atoms with Gasteiger partial charge in [0, 0.05) is 38.8 Å². The molecule has 1 aliphatic carbocycles. The molecule has 1 N–H and O–H groups in total. The average molecular weight is 282 g/mol. The Kier molecular flexibility index (Phi) is 5.32. The molecule has 0 radical (unpaired) electrons. The van der Waals surface area contributed by atoms with Crippen molar-refractivity contribution in [3.05, 3.63) is 0 Å². The summed E-state index contributed by atoms with van der Waals surface area (Å²) in [5.74, 6) is 0. The Balaban J connectivity index is 1.38. The first-order valence-electron chi connectivity index (χ1n) is 8.54. The van der Waals surface area contributed by atoms with Crippen molar-refractivity contribution in [2.75, 3.05) is 46.0 Å². The van der Waals surface area contributed by atoms with Crippen molar-refractivity contribution < 1.29 is 9.47 Å². The van der Waals surface area contributed by atoms with E-state index >= 15 is 0 Å². The summed E-state index contributed by atoms with van der Waals surface area (Å²) in [5.41, 5.74) is 0.229. The van der Waals surface area contributed by atoms with Crippen molar-refractivity contribution >= 4 is 0 Å². The molecule has 0 aromatic carbocycles. The van der Waals surface area contributed by atoms with E-state index in [1.54, 1.807) is 0 Å². The van der Waals surface area contributed by atoms with Crippen LogP contribution in [0.25, 0.3) is 0 Å². The summed E-state index contributed by atoms with van der Waals surface area (Å²) in [5, 5.41) is 3.78. The maximum atomic E-state index is 6.17. The molecule has 4 heteroatoms. The van der Waals surface area contributed by atoms with Gasteiger partial charge in [-0.2, -0.15) is 0 Å². The monoisotopic (exact) mass is 282 g/mol. The summed E-state index contributed by atoms with van der Waals surface area (Å²) < 4.78 is 11.6. The molecule has 2 heterocycles. The maximum Gasteiger partial charge on any atom is 0.0697 e. The van der Waals surface area contributed by atoms with Crippen LogP contribution in [0.4, 0.5) is 0 Å². The van der Waals surface area contributed by atoms with Gasteiger partial charge in [0.1, 0.15) is 0 Å². The van der Waals surface area contributed by atoms with Crippen LogP contribution in [-0.4, -0.2) is 62.5 Å². The fraction of sp³-hybridized carbons (Fsp3) is 1.00. The molecule has 4 nitrogen and oxygen atoms in total. The smallest absolute Gasteiger partial charge is 0.0697 e. The van der Waals surface area contributed by atoms with Gasteiger partial charge in [-0.05, 0) is 25.7 Å². The highest BCUT2D eigenvalue weighted by Gasteiger charge is 2.38. The largest absolute Gasteiger partial charge is 0.379 e. The Morgan fingerprint density at radius 3 is 2.65 bits per heavy atom. The molecular weight excluding hydrogens is 252 g/mol. The fourth-order valence-corrected chi connectivity index (χ4v) is 4.00. The minimum absolute atomic E-state index is 0.229. The highest BCUT2D eigenvalue weighted by atomic mass is 16.5. The van der Waals surface area contributed by atoms with Gasteiger partial charge < -0.3 is 14.8 Å². The van der Waals surface area contributed by atoms with Crippen LogP contribution in [0, 0.1) is 0 Å². The van der Waals surface area contributed by atoms with Gasteiger partial charge in [-0.3, -0.25) is 4.90 Å². The molecule has 1 saturated carbocycles. The molecule has 0 bridgehead atoms. The second-order valence-electron chi connectivity index (χ2n) is 6.69. The van der Waals surface area contributed by atoms with Gasteiger partial charge in [-0.25, -0.2) is 0 Å². The summed E-state index contributed by atoms with van der Waals surface area (Å²) in [7, 11) is 0. The minimum atomic E-state index is 0.229. The van der Waals surface area contributed by atoms with Crippen LogP contribution in [0.5, 0.6) is 0 Å². The summed E-state index contributed by atoms with van der Waals surface area (Å²) in [6.07, 6.45) is 9.12. The van der Waals surface area contributed by atoms with E-state index in [9.17, 15) is 0 Å². The van der Waals surface area contributed by atoms with E-state index in [2.05, 4.69) is 10.2 Å². The van der Waals surface area contributed by atoms with Crippen LogP contribution >= 0.6 is 0 Å². The zero-order valence-corrected chi connectivity index (χ0v) is 12.7. The Labute approximate surface area is 123 Å². The van der Waals surface area contributed by atoms with Crippen LogP contribution in [0.2, 0.25) is 0 Å². The Morgan fingerprint density at radius 1 is 1.05 bits per heavy atom. The number of hydrogen-bond acceptors (Lipinski definition) is 4. The van der Waals surface area contributed by atoms with Crippen LogP contribution in [-0.2, 0) is 9.47 Å². The van der Waals surface area contributed by atoms with Crippen LogP contribution in [0.3, 0.4) is 0 Å². The fourth-order valence-electron chi connectivity index (χ4n) is 4.00. The Morgan fingerprint density at radius 2 is 1.85 bits per heavy atom. The number of rotatable bonds is 4. The standard InChI is InChI=1S/C16H30N2O2/c1-2-5-16(6-3-1)14-15(4-11-20-16)17-7-8-18-9-12-19-13-10-18/h15,17H,1-14H2. The van der Waals surface area contributed by atoms with E-state index in [1.165, 1.54) is 44.9 Å². The first-order chi connectivity index (χ1) is 9.86. The first kappa shape index (κ1) is 14.8. The highest BCUT2D eigenvalue weighted by molar-refractivity contribution is 4.92. The number of ether oxygens (including phenoxy) is 2. The zero-order valence-electron chi connectivity index (χ0n) is 12.7. The summed E-state index contributed by atoms with van der Waals surface area (Å²) in [6.45, 7) is 7.23. The molecule has 1 atom stereocenters. The minimum Gasteiger partial charge on any atom is -0.379 e. The van der Waals surface area contributed by atoms with Gasteiger partial charge >= 0.3 is 0 Å². The summed E-state index contributed by atoms with van der Waals surface area (Å²) in [6, 6.07) is 0.669. The van der Waals surface area contributed by atoms with E-state index in [0.29, 0.717) is 6.04 Å². The molecule has 1 spiro atoms. The molecule has 0 aromatic rings. The SMILES string of the molecule is C1CCC2(CC1)CC(NCCN1CCOCC1)CCO2. The number of nitrogens with zero attached hydrogens (tertiary/aromatic N) is 1. The normalized spacial score (nSPS) is 31.5. The predicted octanol–water partition coefficient (Wildman–Crippen LogP) is 1.79. The molecule has 20 heavy (non-hydrogen) atoms. The topological polar surface area (TPSA) is 33.7 Å². The summed E-state index contributed by atoms with van der Waals surface area (Å²) >= 11 is 0. The van der Waals surface area contributed by atoms with E-state index in [-0.39, 0.29) is 5.60 Å². The Bertz CT molecular complexity index is 281. The number of hydrogen-bond donors (Lipinski definition) is 1. The Hall–Kier alpha value is -0.160. The number of nitrogens with one attached hydrogen (secondary N) is 1. The van der Waals surface area contributed by atoms with E-state index < -0.39 is 0 Å². The zero-order chi connectivity index (χ0) is 13.7. The van der Waals surface area contributed by atoms with Gasteiger partial charge in [-0.15, -0.1) is 0 Å². The third kappa shape index (κ3) is 3.94. The van der Waals surface area contributed by atoms with Crippen molar-refractivity contribution in [3.63, 3.8) is 0 Å². The van der Waals surface area contributed by atoms with Crippen molar-refractivity contribution in [2.45, 2.75) is 56.6 Å². The predicted molar refractivity (Wildman–Crippen MR) is 80.1 cm³/mol. The molecule has 1 unspecified atom stereocenters. The third-order valence-electron chi connectivity index (χ3n) is 5.22. The molecule has 116 valence electrons. The van der Waals surface area contributed by atoms with Crippen LogP contribution < -0.4 is 5.32 Å². The van der Waals surface area contributed by atoms with Crippen molar-refractivity contribution in [2.24, 2.45) is 0 Å². The van der Waals surface area contributed by atoms with Gasteiger partial charge in [0.05, 0.1) is 18.8 Å². The molecule has 3 aliphatic rings. The van der Waals surface area contributed by atoms with Crippen LogP contribution in [0.15, 0.2) is 0 Å².